The predicted octanol–water partition coefficient (Wildman–Crippen LogP) is 7.53. The number of nitriles is 1. The molecule has 0 fully saturated rings. The molecule has 20 heteroatoms. The van der Waals surface area contributed by atoms with Gasteiger partial charge < -0.3 is 19.7 Å². The van der Waals surface area contributed by atoms with Crippen molar-refractivity contribution in [1.82, 2.24) is 0 Å². The van der Waals surface area contributed by atoms with E-state index in [-0.39, 0.29) is 38.7 Å². The largest absolute Gasteiger partial charge is 0.493 e. The molecule has 2 heterocycles. The summed E-state index contributed by atoms with van der Waals surface area (Å²) in [6.07, 6.45) is -5.77. The number of terminal acetylenes is 1. The summed E-state index contributed by atoms with van der Waals surface area (Å²) >= 11 is 0. The molecule has 2 N–H and O–H groups in total. The lowest BCUT2D eigenvalue weighted by Gasteiger charge is -2.37. The molecular weight excluding hydrogens is 895 g/mol. The van der Waals surface area contributed by atoms with Gasteiger partial charge in [-0.1, -0.05) is 39.5 Å². The van der Waals surface area contributed by atoms with Crippen LogP contribution in [0.3, 0.4) is 0 Å². The van der Waals surface area contributed by atoms with E-state index in [2.05, 4.69) is 11.8 Å². The van der Waals surface area contributed by atoms with Crippen LogP contribution in [0.25, 0.3) is 0 Å². The van der Waals surface area contributed by atoms with E-state index in [1.165, 1.54) is 65.0 Å². The van der Waals surface area contributed by atoms with Crippen molar-refractivity contribution in [2.75, 3.05) is 25.7 Å². The van der Waals surface area contributed by atoms with E-state index < -0.39 is 90.4 Å². The van der Waals surface area contributed by atoms with Crippen molar-refractivity contribution in [3.05, 3.63) is 85.5 Å². The normalized spacial score (nSPS) is 15.8. The summed E-state index contributed by atoms with van der Waals surface area (Å²) in [5, 5.41) is 41.5. The van der Waals surface area contributed by atoms with Crippen LogP contribution >= 0.6 is 0 Å². The number of halogens is 6. The van der Waals surface area contributed by atoms with Gasteiger partial charge in [-0.05, 0) is 77.6 Å². The number of sulfone groups is 2. The second-order valence-electron chi connectivity index (χ2n) is 17.3. The SMILES string of the molecule is C#CCC(O)(CC(C)(C)c1cc(S(C)(=O)=O)cc2c1OCC2)C(F)(F)F.Cc1cc(C#N)cc([N+](=O)[O-])c1C#CCC(O)(CC(C)(C)c1cc(S(C)(=O)=O)cc2c1OCC2)C(F)(F)F. The fraction of sp³-hybridized carbons (Fsp3) is 0.477. The zero-order valence-electron chi connectivity index (χ0n) is 35.8. The molecule has 3 aromatic carbocycles. The zero-order valence-corrected chi connectivity index (χ0v) is 37.5. The number of hydrogen-bond donors (Lipinski definition) is 2. The second kappa shape index (κ2) is 17.9. The smallest absolute Gasteiger partial charge is 0.418 e. The Morgan fingerprint density at radius 1 is 0.766 bits per heavy atom. The van der Waals surface area contributed by atoms with Crippen LogP contribution in [0.2, 0.25) is 0 Å². The van der Waals surface area contributed by atoms with E-state index in [0.717, 1.165) is 18.6 Å². The average molecular weight is 941 g/mol. The first-order chi connectivity index (χ1) is 29.1. The maximum Gasteiger partial charge on any atom is 0.418 e. The minimum atomic E-state index is -5.14. The summed E-state index contributed by atoms with van der Waals surface area (Å²) in [4.78, 5) is 10.6. The van der Waals surface area contributed by atoms with Crippen LogP contribution < -0.4 is 9.47 Å². The number of ether oxygens (including phenoxy) is 2. The second-order valence-corrected chi connectivity index (χ2v) is 21.3. The van der Waals surface area contributed by atoms with E-state index >= 15 is 0 Å². The highest BCUT2D eigenvalue weighted by atomic mass is 32.2. The molecular formula is C44H46F6N2O10S2. The number of rotatable bonds is 11. The van der Waals surface area contributed by atoms with Crippen molar-refractivity contribution < 1.29 is 67.8 Å². The Hall–Kier alpha value is -5.33. The van der Waals surface area contributed by atoms with Gasteiger partial charge in [0.15, 0.2) is 30.9 Å². The highest BCUT2D eigenvalue weighted by molar-refractivity contribution is 7.91. The van der Waals surface area contributed by atoms with Crippen LogP contribution in [0, 0.1) is 52.6 Å². The van der Waals surface area contributed by atoms with Gasteiger partial charge >= 0.3 is 12.4 Å². The van der Waals surface area contributed by atoms with E-state index in [4.69, 9.17) is 21.2 Å². The Labute approximate surface area is 367 Å². The van der Waals surface area contributed by atoms with Gasteiger partial charge in [0.2, 0.25) is 0 Å². The Bertz CT molecular complexity index is 2720. The maximum absolute atomic E-state index is 14.2. The number of hydrogen-bond acceptors (Lipinski definition) is 11. The van der Waals surface area contributed by atoms with Crippen LogP contribution in [0.4, 0.5) is 32.0 Å². The summed E-state index contributed by atoms with van der Waals surface area (Å²) in [5.74, 6) is 7.18. The molecule has 12 nitrogen and oxygen atoms in total. The fourth-order valence-corrected chi connectivity index (χ4v) is 9.13. The Morgan fingerprint density at radius 2 is 1.19 bits per heavy atom. The van der Waals surface area contributed by atoms with Crippen molar-refractivity contribution in [2.24, 2.45) is 0 Å². The lowest BCUT2D eigenvalue weighted by molar-refractivity contribution is -0.385. The van der Waals surface area contributed by atoms with Gasteiger partial charge in [0.25, 0.3) is 5.69 Å². The van der Waals surface area contributed by atoms with E-state index in [0.29, 0.717) is 47.6 Å². The van der Waals surface area contributed by atoms with E-state index in [1.54, 1.807) is 6.07 Å². The first-order valence-electron chi connectivity index (χ1n) is 19.3. The summed E-state index contributed by atoms with van der Waals surface area (Å²) in [6, 6.07) is 9.59. The standard InChI is InChI=1S/C26H25F3N2O6S.C18H21F3O4S/c1-16-10-17(14-30)11-22(31(33)34)20(16)6-5-8-25(32,26(27,28)29)15-24(2,3)21-13-19(38(4,35)36)12-18-7-9-37-23(18)21;1-5-7-17(22,18(19,20)21)11-16(2,3)14-10-13(26(4,23)24)9-12-6-8-25-15(12)14/h10-13,32H,7-9,15H2,1-4H3;1,9-10,22H,6-8,11H2,2-4H3. The monoisotopic (exact) mass is 940 g/mol. The Kier molecular flexibility index (Phi) is 14.4. The van der Waals surface area contributed by atoms with Crippen LogP contribution in [0.5, 0.6) is 11.5 Å². The van der Waals surface area contributed by atoms with E-state index in [9.17, 15) is 63.5 Å². The first-order valence-corrected chi connectivity index (χ1v) is 23.1. The molecule has 0 spiro atoms. The predicted molar refractivity (Wildman–Crippen MR) is 222 cm³/mol. The summed E-state index contributed by atoms with van der Waals surface area (Å²) in [5.41, 5.74) is -7.85. The molecule has 0 bridgehead atoms. The molecule has 346 valence electrons. The number of fused-ring (bicyclic) bond motifs is 2. The van der Waals surface area contributed by atoms with Gasteiger partial charge in [0.1, 0.15) is 17.1 Å². The van der Waals surface area contributed by atoms with Crippen molar-refractivity contribution >= 4 is 25.4 Å². The van der Waals surface area contributed by atoms with Crippen LogP contribution in [0.1, 0.15) is 92.3 Å². The maximum atomic E-state index is 14.2. The lowest BCUT2D eigenvalue weighted by atomic mass is 9.73. The number of nitrogens with zero attached hydrogens (tertiary/aromatic N) is 2. The van der Waals surface area contributed by atoms with Crippen LogP contribution in [0.15, 0.2) is 46.2 Å². The molecule has 0 aliphatic carbocycles. The number of benzene rings is 3. The van der Waals surface area contributed by atoms with Crippen molar-refractivity contribution in [3.8, 4) is 41.8 Å². The van der Waals surface area contributed by atoms with Gasteiger partial charge in [0.05, 0.1) is 39.6 Å². The molecule has 2 atom stereocenters. The molecule has 0 saturated carbocycles. The first kappa shape index (κ1) is 51.3. The molecule has 0 aromatic heterocycles. The topological polar surface area (TPSA) is 194 Å². The minimum Gasteiger partial charge on any atom is -0.493 e. The average Bonchev–Trinajstić information content (AvgIpc) is 3.83. The van der Waals surface area contributed by atoms with Gasteiger partial charge in [-0.15, -0.1) is 12.3 Å². The molecule has 5 rings (SSSR count). The molecule has 0 radical (unpaired) electrons. The molecule has 0 amide bonds. The summed E-state index contributed by atoms with van der Waals surface area (Å²) in [6.45, 7) is 7.88. The number of alkyl halides is 6. The quantitative estimate of drug-likeness (QED) is 0.0836. The summed E-state index contributed by atoms with van der Waals surface area (Å²) in [7, 11) is -7.24. The minimum absolute atomic E-state index is 0.000582. The molecule has 0 saturated heterocycles. The van der Waals surface area contributed by atoms with Gasteiger partial charge in [-0.3, -0.25) is 10.1 Å². The molecule has 2 aliphatic heterocycles. The van der Waals surface area contributed by atoms with Crippen molar-refractivity contribution in [1.29, 1.82) is 5.26 Å². The number of nitro groups is 1. The Balaban J connectivity index is 0.000000301. The molecule has 64 heavy (non-hydrogen) atoms. The lowest BCUT2D eigenvalue weighted by Crippen LogP contribution is -2.49. The van der Waals surface area contributed by atoms with E-state index in [1.807, 2.05) is 5.92 Å². The van der Waals surface area contributed by atoms with Crippen LogP contribution in [-0.2, 0) is 43.3 Å². The highest BCUT2D eigenvalue weighted by Crippen LogP contribution is 2.49. The number of aliphatic hydroxyl groups is 2. The van der Waals surface area contributed by atoms with Gasteiger partial charge in [-0.2, -0.15) is 31.6 Å². The van der Waals surface area contributed by atoms with Gasteiger partial charge in [-0.25, -0.2) is 16.8 Å². The molecule has 2 unspecified atom stereocenters. The van der Waals surface area contributed by atoms with Crippen molar-refractivity contribution in [2.45, 2.75) is 117 Å². The number of nitro benzene ring substituents is 1. The summed E-state index contributed by atoms with van der Waals surface area (Å²) < 4.78 is 142. The third kappa shape index (κ3) is 11.1. The van der Waals surface area contributed by atoms with Gasteiger partial charge in [0, 0.05) is 55.4 Å². The zero-order chi connectivity index (χ0) is 48.6. The highest BCUT2D eigenvalue weighted by Gasteiger charge is 2.57. The third-order valence-electron chi connectivity index (χ3n) is 11.0. The Morgan fingerprint density at radius 3 is 1.55 bits per heavy atom. The molecule has 2 aliphatic rings. The fourth-order valence-electron chi connectivity index (χ4n) is 7.76. The third-order valence-corrected chi connectivity index (χ3v) is 13.2. The van der Waals surface area contributed by atoms with Crippen molar-refractivity contribution in [3.63, 3.8) is 0 Å². The number of aryl methyl sites for hydroxylation is 1. The van der Waals surface area contributed by atoms with Crippen LogP contribution in [-0.4, -0.2) is 81.3 Å². The molecule has 3 aromatic rings.